The molecule has 1 unspecified atom stereocenters. The number of amides is 1. The maximum absolute atomic E-state index is 12.3. The molecular formula is C16H20N2O4. The lowest BCUT2D eigenvalue weighted by Gasteiger charge is -2.12. The molecule has 1 aromatic heterocycles. The Morgan fingerprint density at radius 3 is 2.73 bits per heavy atom. The highest BCUT2D eigenvalue weighted by atomic mass is 16.4. The molecular weight excluding hydrogens is 284 g/mol. The fourth-order valence-corrected chi connectivity index (χ4v) is 2.73. The number of carboxylic acids is 1. The van der Waals surface area contributed by atoms with E-state index in [0.29, 0.717) is 17.5 Å². The van der Waals surface area contributed by atoms with Gasteiger partial charge in [0.2, 0.25) is 0 Å². The minimum Gasteiger partial charge on any atom is -0.480 e. The van der Waals surface area contributed by atoms with E-state index in [9.17, 15) is 14.4 Å². The first kappa shape index (κ1) is 16.0. The number of ketones is 1. The Bertz CT molecular complexity index is 643. The van der Waals surface area contributed by atoms with Crippen LogP contribution in [0.25, 0.3) is 0 Å². The molecule has 0 spiro atoms. The van der Waals surface area contributed by atoms with E-state index in [1.54, 1.807) is 26.0 Å². The van der Waals surface area contributed by atoms with Gasteiger partial charge in [0.25, 0.3) is 5.91 Å². The van der Waals surface area contributed by atoms with E-state index in [4.69, 9.17) is 5.11 Å². The van der Waals surface area contributed by atoms with E-state index < -0.39 is 17.9 Å². The zero-order valence-electron chi connectivity index (χ0n) is 12.7. The molecule has 0 radical (unpaired) electrons. The van der Waals surface area contributed by atoms with Crippen LogP contribution in [0.1, 0.15) is 58.3 Å². The number of aromatic amines is 1. The summed E-state index contributed by atoms with van der Waals surface area (Å²) in [5, 5.41) is 11.7. The van der Waals surface area contributed by atoms with Gasteiger partial charge in [0.15, 0.2) is 5.78 Å². The number of H-pyrrole nitrogens is 1. The van der Waals surface area contributed by atoms with Crippen LogP contribution in [0.4, 0.5) is 0 Å². The Hall–Kier alpha value is -2.37. The number of Topliss-reactive ketones (excluding diaryl/α,β-unsaturated/α-hetero) is 1. The standard InChI is InChI=1S/C16H20N2O4/c1-3-4-6-11(16(21)22)18-15(20)14-9(2)13-10(17-14)7-5-8-12(13)19/h3-4,11,17H,5-8H2,1-2H3,(H,18,20)(H,21,22)/b4-3+. The molecule has 118 valence electrons. The quantitative estimate of drug-likeness (QED) is 0.724. The smallest absolute Gasteiger partial charge is 0.326 e. The van der Waals surface area contributed by atoms with Crippen LogP contribution in [0, 0.1) is 6.92 Å². The van der Waals surface area contributed by atoms with Crippen molar-refractivity contribution >= 4 is 17.7 Å². The van der Waals surface area contributed by atoms with Gasteiger partial charge in [-0.1, -0.05) is 12.2 Å². The molecule has 0 bridgehead atoms. The molecule has 6 nitrogen and oxygen atoms in total. The van der Waals surface area contributed by atoms with E-state index >= 15 is 0 Å². The summed E-state index contributed by atoms with van der Waals surface area (Å²) in [5.74, 6) is -1.54. The Labute approximate surface area is 128 Å². The third kappa shape index (κ3) is 3.10. The van der Waals surface area contributed by atoms with E-state index in [2.05, 4.69) is 10.3 Å². The Kier molecular flexibility index (Phi) is 4.80. The van der Waals surface area contributed by atoms with Crippen LogP contribution in [-0.2, 0) is 11.2 Å². The lowest BCUT2D eigenvalue weighted by molar-refractivity contribution is -0.139. The molecule has 1 aliphatic carbocycles. The van der Waals surface area contributed by atoms with Crippen LogP contribution in [0.15, 0.2) is 12.2 Å². The first-order valence-corrected chi connectivity index (χ1v) is 7.35. The Morgan fingerprint density at radius 2 is 2.14 bits per heavy atom. The number of nitrogens with one attached hydrogen (secondary N) is 2. The Balaban J connectivity index is 2.23. The third-order valence-corrected chi connectivity index (χ3v) is 3.88. The molecule has 1 atom stereocenters. The van der Waals surface area contributed by atoms with Crippen molar-refractivity contribution in [1.29, 1.82) is 0 Å². The number of allylic oxidation sites excluding steroid dienone is 1. The zero-order chi connectivity index (χ0) is 16.3. The lowest BCUT2D eigenvalue weighted by Crippen LogP contribution is -2.40. The van der Waals surface area contributed by atoms with Gasteiger partial charge >= 0.3 is 5.97 Å². The van der Waals surface area contributed by atoms with Crippen molar-refractivity contribution < 1.29 is 19.5 Å². The van der Waals surface area contributed by atoms with Crippen molar-refractivity contribution in [3.05, 3.63) is 34.7 Å². The summed E-state index contributed by atoms with van der Waals surface area (Å²) < 4.78 is 0. The highest BCUT2D eigenvalue weighted by Crippen LogP contribution is 2.26. The van der Waals surface area contributed by atoms with E-state index in [1.807, 2.05) is 0 Å². The number of carbonyl (C=O) groups is 3. The fourth-order valence-electron chi connectivity index (χ4n) is 2.73. The van der Waals surface area contributed by atoms with Crippen molar-refractivity contribution in [2.45, 2.75) is 45.6 Å². The summed E-state index contributed by atoms with van der Waals surface area (Å²) in [5.41, 5.74) is 2.26. The molecule has 0 saturated carbocycles. The first-order valence-electron chi connectivity index (χ1n) is 7.35. The summed E-state index contributed by atoms with van der Waals surface area (Å²) in [6, 6.07) is -0.987. The Morgan fingerprint density at radius 1 is 1.41 bits per heavy atom. The maximum atomic E-state index is 12.3. The third-order valence-electron chi connectivity index (χ3n) is 3.88. The number of carbonyl (C=O) groups excluding carboxylic acids is 2. The summed E-state index contributed by atoms with van der Waals surface area (Å²) in [7, 11) is 0. The number of hydrogen-bond acceptors (Lipinski definition) is 3. The summed E-state index contributed by atoms with van der Waals surface area (Å²) in [6.07, 6.45) is 5.64. The summed E-state index contributed by atoms with van der Waals surface area (Å²) in [6.45, 7) is 3.50. The zero-order valence-corrected chi connectivity index (χ0v) is 12.7. The molecule has 2 rings (SSSR count). The second-order valence-corrected chi connectivity index (χ2v) is 5.42. The van der Waals surface area contributed by atoms with E-state index in [1.165, 1.54) is 0 Å². The molecule has 22 heavy (non-hydrogen) atoms. The van der Waals surface area contributed by atoms with Gasteiger partial charge in [-0.2, -0.15) is 0 Å². The highest BCUT2D eigenvalue weighted by molar-refractivity contribution is 6.04. The predicted molar refractivity (Wildman–Crippen MR) is 81.1 cm³/mol. The van der Waals surface area contributed by atoms with Crippen molar-refractivity contribution in [2.24, 2.45) is 0 Å². The number of aryl methyl sites for hydroxylation is 1. The number of aliphatic carboxylic acids is 1. The molecule has 1 aromatic rings. The molecule has 0 aromatic carbocycles. The normalized spacial score (nSPS) is 15.6. The summed E-state index contributed by atoms with van der Waals surface area (Å²) in [4.78, 5) is 38.5. The van der Waals surface area contributed by atoms with E-state index in [0.717, 1.165) is 18.5 Å². The van der Waals surface area contributed by atoms with Crippen LogP contribution >= 0.6 is 0 Å². The van der Waals surface area contributed by atoms with Gasteiger partial charge in [0, 0.05) is 17.7 Å². The van der Waals surface area contributed by atoms with Gasteiger partial charge in [-0.25, -0.2) is 4.79 Å². The number of hydrogen-bond donors (Lipinski definition) is 3. The highest BCUT2D eigenvalue weighted by Gasteiger charge is 2.28. The SMILES string of the molecule is C/C=C/CC(NC(=O)c1[nH]c2c(c1C)C(=O)CCC2)C(=O)O. The van der Waals surface area contributed by atoms with Gasteiger partial charge in [0.05, 0.1) is 0 Å². The fraction of sp³-hybridized carbons (Fsp3) is 0.438. The maximum Gasteiger partial charge on any atom is 0.326 e. The van der Waals surface area contributed by atoms with Crippen LogP contribution in [0.2, 0.25) is 0 Å². The molecule has 3 N–H and O–H groups in total. The van der Waals surface area contributed by atoms with E-state index in [-0.39, 0.29) is 17.9 Å². The predicted octanol–water partition coefficient (Wildman–Crippen LogP) is 1.99. The van der Waals surface area contributed by atoms with Crippen LogP contribution in [0.5, 0.6) is 0 Å². The average Bonchev–Trinajstić information content (AvgIpc) is 2.81. The second kappa shape index (κ2) is 6.60. The largest absolute Gasteiger partial charge is 0.480 e. The average molecular weight is 304 g/mol. The number of rotatable bonds is 5. The van der Waals surface area contributed by atoms with Crippen LogP contribution < -0.4 is 5.32 Å². The molecule has 1 amide bonds. The number of fused-ring (bicyclic) bond motifs is 1. The van der Waals surface area contributed by atoms with Gasteiger partial charge in [-0.15, -0.1) is 0 Å². The number of aromatic nitrogens is 1. The van der Waals surface area contributed by atoms with Gasteiger partial charge in [-0.05, 0) is 38.7 Å². The topological polar surface area (TPSA) is 99.3 Å². The van der Waals surface area contributed by atoms with Crippen LogP contribution in [-0.4, -0.2) is 33.8 Å². The second-order valence-electron chi connectivity index (χ2n) is 5.42. The molecule has 1 aliphatic rings. The van der Waals surface area contributed by atoms with Gasteiger partial charge < -0.3 is 15.4 Å². The monoisotopic (exact) mass is 304 g/mol. The van der Waals surface area contributed by atoms with Crippen molar-refractivity contribution in [3.63, 3.8) is 0 Å². The van der Waals surface area contributed by atoms with Crippen molar-refractivity contribution in [3.8, 4) is 0 Å². The molecule has 0 aliphatic heterocycles. The minimum absolute atomic E-state index is 0.0396. The van der Waals surface area contributed by atoms with Gasteiger partial charge in [0.1, 0.15) is 11.7 Å². The van der Waals surface area contributed by atoms with Crippen LogP contribution in [0.3, 0.4) is 0 Å². The molecule has 1 heterocycles. The lowest BCUT2D eigenvalue weighted by atomic mass is 9.94. The van der Waals surface area contributed by atoms with Gasteiger partial charge in [-0.3, -0.25) is 9.59 Å². The molecule has 0 fully saturated rings. The van der Waals surface area contributed by atoms with Crippen molar-refractivity contribution in [2.75, 3.05) is 0 Å². The number of carboxylic acid groups (broad SMARTS) is 1. The first-order chi connectivity index (χ1) is 10.5. The molecule has 6 heteroatoms. The summed E-state index contributed by atoms with van der Waals surface area (Å²) >= 11 is 0. The van der Waals surface area contributed by atoms with Crippen molar-refractivity contribution in [1.82, 2.24) is 10.3 Å². The minimum atomic E-state index is -1.09. The molecule has 0 saturated heterocycles.